The van der Waals surface area contributed by atoms with Crippen LogP contribution in [0.1, 0.15) is 44.2 Å². The van der Waals surface area contributed by atoms with Crippen LogP contribution >= 0.6 is 0 Å². The summed E-state index contributed by atoms with van der Waals surface area (Å²) in [5.41, 5.74) is 2.73. The van der Waals surface area contributed by atoms with E-state index in [1.165, 1.54) is 0 Å². The monoisotopic (exact) mass is 488 g/mol. The number of hydrogen-bond acceptors (Lipinski definition) is 5. The summed E-state index contributed by atoms with van der Waals surface area (Å²) in [6.07, 6.45) is 2.64. The third kappa shape index (κ3) is 8.23. The van der Waals surface area contributed by atoms with Crippen LogP contribution in [-0.4, -0.2) is 40.5 Å². The lowest BCUT2D eigenvalue weighted by Crippen LogP contribution is -2.47. The SMILES string of the molecule is CC[C@H](NC(=O)CCCNc1ccccn1)C(=O)NC(CC(=O)O)c1ccc(-c2ccccc2)cc1. The molecule has 1 aromatic heterocycles. The Hall–Kier alpha value is -4.20. The number of anilines is 1. The predicted octanol–water partition coefficient (Wildman–Crippen LogP) is 4.17. The van der Waals surface area contributed by atoms with Crippen molar-refractivity contribution in [2.45, 2.75) is 44.7 Å². The zero-order valence-electron chi connectivity index (χ0n) is 20.3. The van der Waals surface area contributed by atoms with Crippen molar-refractivity contribution in [2.75, 3.05) is 11.9 Å². The molecule has 3 rings (SSSR count). The molecule has 4 N–H and O–H groups in total. The number of rotatable bonds is 13. The first kappa shape index (κ1) is 26.4. The van der Waals surface area contributed by atoms with Crippen LogP contribution in [0.2, 0.25) is 0 Å². The molecule has 36 heavy (non-hydrogen) atoms. The molecule has 2 atom stereocenters. The number of carboxylic acids is 1. The van der Waals surface area contributed by atoms with Crippen molar-refractivity contribution < 1.29 is 19.5 Å². The molecular weight excluding hydrogens is 456 g/mol. The van der Waals surface area contributed by atoms with Gasteiger partial charge in [0.15, 0.2) is 0 Å². The minimum absolute atomic E-state index is 0.234. The second-order valence-corrected chi connectivity index (χ2v) is 8.42. The molecule has 0 fully saturated rings. The summed E-state index contributed by atoms with van der Waals surface area (Å²) in [6.45, 7) is 2.38. The van der Waals surface area contributed by atoms with Gasteiger partial charge in [0.1, 0.15) is 11.9 Å². The molecule has 0 saturated heterocycles. The first-order valence-corrected chi connectivity index (χ1v) is 12.1. The third-order valence-electron chi connectivity index (χ3n) is 5.73. The molecule has 0 saturated carbocycles. The van der Waals surface area contributed by atoms with E-state index < -0.39 is 24.0 Å². The van der Waals surface area contributed by atoms with Crippen molar-refractivity contribution in [3.63, 3.8) is 0 Å². The molecule has 3 aromatic rings. The standard InChI is InChI=1S/C28H32N4O4/c1-2-23(31-26(33)12-8-18-30-25-11-6-7-17-29-25)28(36)32-24(19-27(34)35)22-15-13-21(14-16-22)20-9-4-3-5-10-20/h3-7,9-11,13-17,23-24H,2,8,12,18-19H2,1H3,(H,29,30)(H,31,33)(H,32,36)(H,34,35)/t23-,24?/m0/s1. The van der Waals surface area contributed by atoms with Crippen molar-refractivity contribution in [2.24, 2.45) is 0 Å². The van der Waals surface area contributed by atoms with Crippen molar-refractivity contribution >= 4 is 23.6 Å². The molecule has 8 heteroatoms. The van der Waals surface area contributed by atoms with Gasteiger partial charge in [-0.25, -0.2) is 4.98 Å². The van der Waals surface area contributed by atoms with Gasteiger partial charge in [0.2, 0.25) is 11.8 Å². The number of nitrogens with one attached hydrogen (secondary N) is 3. The second-order valence-electron chi connectivity index (χ2n) is 8.42. The van der Waals surface area contributed by atoms with Crippen LogP contribution in [0, 0.1) is 0 Å². The average Bonchev–Trinajstić information content (AvgIpc) is 2.90. The number of nitrogens with zero attached hydrogens (tertiary/aromatic N) is 1. The summed E-state index contributed by atoms with van der Waals surface area (Å²) in [7, 11) is 0. The lowest BCUT2D eigenvalue weighted by molar-refractivity contribution is -0.138. The molecule has 1 heterocycles. The van der Waals surface area contributed by atoms with E-state index >= 15 is 0 Å². The van der Waals surface area contributed by atoms with Crippen LogP contribution in [0.25, 0.3) is 11.1 Å². The summed E-state index contributed by atoms with van der Waals surface area (Å²) < 4.78 is 0. The van der Waals surface area contributed by atoms with Gasteiger partial charge in [-0.05, 0) is 41.7 Å². The van der Waals surface area contributed by atoms with E-state index in [0.717, 1.165) is 16.9 Å². The Morgan fingerprint density at radius 3 is 2.22 bits per heavy atom. The first-order chi connectivity index (χ1) is 17.5. The quantitative estimate of drug-likeness (QED) is 0.268. The Bertz CT molecular complexity index is 1120. The predicted molar refractivity (Wildman–Crippen MR) is 139 cm³/mol. The van der Waals surface area contributed by atoms with Gasteiger partial charge in [-0.2, -0.15) is 0 Å². The Morgan fingerprint density at radius 1 is 0.889 bits per heavy atom. The number of carboxylic acid groups (broad SMARTS) is 1. The number of carbonyl (C=O) groups excluding carboxylic acids is 2. The van der Waals surface area contributed by atoms with Crippen molar-refractivity contribution in [3.8, 4) is 11.1 Å². The molecule has 0 spiro atoms. The molecule has 188 valence electrons. The van der Waals surface area contributed by atoms with E-state index in [1.54, 1.807) is 13.1 Å². The van der Waals surface area contributed by atoms with Gasteiger partial charge in [-0.3, -0.25) is 14.4 Å². The molecular formula is C28H32N4O4. The molecule has 0 aliphatic heterocycles. The molecule has 0 radical (unpaired) electrons. The summed E-state index contributed by atoms with van der Waals surface area (Å²) in [6, 6.07) is 21.4. The Balaban J connectivity index is 1.55. The lowest BCUT2D eigenvalue weighted by Gasteiger charge is -2.22. The second kappa shape index (κ2) is 13.6. The Kier molecular flexibility index (Phi) is 10.00. The highest BCUT2D eigenvalue weighted by molar-refractivity contribution is 5.88. The largest absolute Gasteiger partial charge is 0.481 e. The number of hydrogen-bond donors (Lipinski definition) is 4. The number of aromatic nitrogens is 1. The van der Waals surface area contributed by atoms with Crippen molar-refractivity contribution in [1.29, 1.82) is 0 Å². The Morgan fingerprint density at radius 2 is 1.58 bits per heavy atom. The van der Waals surface area contributed by atoms with Gasteiger partial charge < -0.3 is 21.1 Å². The average molecular weight is 489 g/mol. The normalized spacial score (nSPS) is 12.2. The van der Waals surface area contributed by atoms with Crippen LogP contribution in [0.4, 0.5) is 5.82 Å². The van der Waals surface area contributed by atoms with Crippen molar-refractivity contribution in [1.82, 2.24) is 15.6 Å². The fourth-order valence-corrected chi connectivity index (χ4v) is 3.79. The zero-order valence-corrected chi connectivity index (χ0v) is 20.3. The van der Waals surface area contributed by atoms with Gasteiger partial charge in [0, 0.05) is 19.2 Å². The number of amides is 2. The molecule has 1 unspecified atom stereocenters. The molecule has 2 amide bonds. The highest BCUT2D eigenvalue weighted by Gasteiger charge is 2.24. The highest BCUT2D eigenvalue weighted by atomic mass is 16.4. The molecule has 0 aliphatic carbocycles. The van der Waals surface area contributed by atoms with Gasteiger partial charge >= 0.3 is 5.97 Å². The summed E-state index contributed by atoms with van der Waals surface area (Å²) >= 11 is 0. The van der Waals surface area contributed by atoms with E-state index in [1.807, 2.05) is 72.8 Å². The minimum atomic E-state index is -1.02. The number of pyridine rings is 1. The zero-order chi connectivity index (χ0) is 25.8. The van der Waals surface area contributed by atoms with E-state index in [9.17, 15) is 19.5 Å². The summed E-state index contributed by atoms with van der Waals surface area (Å²) in [5.74, 6) is -0.924. The number of aliphatic carboxylic acids is 1. The fraction of sp³-hybridized carbons (Fsp3) is 0.286. The molecule has 8 nitrogen and oxygen atoms in total. The maximum absolute atomic E-state index is 12.9. The van der Waals surface area contributed by atoms with E-state index in [-0.39, 0.29) is 18.7 Å². The molecule has 2 aromatic carbocycles. The van der Waals surface area contributed by atoms with Crippen LogP contribution in [0.15, 0.2) is 79.0 Å². The van der Waals surface area contributed by atoms with E-state index in [2.05, 4.69) is 20.9 Å². The topological polar surface area (TPSA) is 120 Å². The van der Waals surface area contributed by atoms with Crippen LogP contribution in [0.5, 0.6) is 0 Å². The molecule has 0 bridgehead atoms. The lowest BCUT2D eigenvalue weighted by atomic mass is 9.98. The Labute approximate surface area is 211 Å². The fourth-order valence-electron chi connectivity index (χ4n) is 3.79. The van der Waals surface area contributed by atoms with Crippen molar-refractivity contribution in [3.05, 3.63) is 84.6 Å². The maximum Gasteiger partial charge on any atom is 0.305 e. The maximum atomic E-state index is 12.9. The van der Waals surface area contributed by atoms with Crippen LogP contribution < -0.4 is 16.0 Å². The van der Waals surface area contributed by atoms with Gasteiger partial charge in [0.25, 0.3) is 0 Å². The minimum Gasteiger partial charge on any atom is -0.481 e. The van der Waals surface area contributed by atoms with E-state index in [4.69, 9.17) is 0 Å². The number of carbonyl (C=O) groups is 3. The van der Waals surface area contributed by atoms with Gasteiger partial charge in [0.05, 0.1) is 12.5 Å². The third-order valence-corrected chi connectivity index (χ3v) is 5.73. The summed E-state index contributed by atoms with van der Waals surface area (Å²) in [4.78, 5) is 41.0. The van der Waals surface area contributed by atoms with Gasteiger partial charge in [-0.15, -0.1) is 0 Å². The number of benzene rings is 2. The van der Waals surface area contributed by atoms with Crippen LogP contribution in [-0.2, 0) is 14.4 Å². The van der Waals surface area contributed by atoms with Crippen LogP contribution in [0.3, 0.4) is 0 Å². The molecule has 0 aliphatic rings. The smallest absolute Gasteiger partial charge is 0.305 e. The first-order valence-electron chi connectivity index (χ1n) is 12.1. The van der Waals surface area contributed by atoms with Gasteiger partial charge in [-0.1, -0.05) is 67.6 Å². The highest BCUT2D eigenvalue weighted by Crippen LogP contribution is 2.23. The van der Waals surface area contributed by atoms with E-state index in [0.29, 0.717) is 24.9 Å². The summed E-state index contributed by atoms with van der Waals surface area (Å²) in [5, 5.41) is 18.1.